The molecule has 9 rings (SSSR count). The Morgan fingerprint density at radius 1 is 0.785 bits per heavy atom. The summed E-state index contributed by atoms with van der Waals surface area (Å²) in [7, 11) is 0. The molecule has 14 heteroatoms. The average molecular weight is 886 g/mol. The third-order valence-corrected chi connectivity index (χ3v) is 13.1. The molecule has 6 aromatic rings. The van der Waals surface area contributed by atoms with Crippen LogP contribution in [0.15, 0.2) is 175 Å². The second kappa shape index (κ2) is 18.0. The molecule has 3 aliphatic heterocycles. The molecule has 328 valence electrons. The van der Waals surface area contributed by atoms with Gasteiger partial charge in [0.2, 0.25) is 0 Å². The highest BCUT2D eigenvalue weighted by molar-refractivity contribution is 8.00. The molecule has 13 nitrogen and oxygen atoms in total. The lowest BCUT2D eigenvalue weighted by atomic mass is 9.64. The molecular formula is C51H47N7O6S. The Morgan fingerprint density at radius 2 is 1.31 bits per heavy atom. The zero-order valence-electron chi connectivity index (χ0n) is 36.0. The minimum absolute atomic E-state index is 0.0137. The van der Waals surface area contributed by atoms with Crippen molar-refractivity contribution in [3.8, 4) is 0 Å². The maximum absolute atomic E-state index is 15.3. The maximum Gasteiger partial charge on any atom is 0.408 e. The van der Waals surface area contributed by atoms with Gasteiger partial charge in [-0.1, -0.05) is 152 Å². The summed E-state index contributed by atoms with van der Waals surface area (Å²) >= 11 is 1.38. The molecule has 65 heavy (non-hydrogen) atoms. The molecule has 5 aromatic carbocycles. The van der Waals surface area contributed by atoms with Gasteiger partial charge in [0.25, 0.3) is 11.8 Å². The first kappa shape index (κ1) is 43.0. The number of nitrogens with one attached hydrogen (secondary N) is 2. The number of nitrogens with zero attached hydrogens (tertiary/aromatic N) is 5. The van der Waals surface area contributed by atoms with Crippen LogP contribution in [0.25, 0.3) is 0 Å². The first-order valence-corrected chi connectivity index (χ1v) is 22.5. The number of thioether (sulfide) groups is 1. The van der Waals surface area contributed by atoms with E-state index < -0.39 is 52.5 Å². The number of tetrazole rings is 1. The molecule has 1 unspecified atom stereocenters. The molecule has 0 radical (unpaired) electrons. The molecule has 0 aliphatic carbocycles. The topological polar surface area (TPSA) is 160 Å². The number of carbonyl (C=O) groups is 4. The number of ether oxygens (including phenoxy) is 2. The fraction of sp³-hybridized carbons (Fsp3) is 0.235. The van der Waals surface area contributed by atoms with E-state index in [-0.39, 0.29) is 17.4 Å². The minimum atomic E-state index is -1.01. The van der Waals surface area contributed by atoms with Gasteiger partial charge in [0.05, 0.1) is 5.41 Å². The number of rotatable bonds is 12. The van der Waals surface area contributed by atoms with Gasteiger partial charge in [0.15, 0.2) is 11.9 Å². The number of hydrogen-bond donors (Lipinski definition) is 2. The van der Waals surface area contributed by atoms with Crippen LogP contribution < -0.4 is 5.32 Å². The van der Waals surface area contributed by atoms with E-state index in [0.29, 0.717) is 29.9 Å². The highest BCUT2D eigenvalue weighted by atomic mass is 32.2. The number of aromatic nitrogens is 4. The van der Waals surface area contributed by atoms with E-state index in [1.54, 1.807) is 31.7 Å². The predicted octanol–water partition coefficient (Wildman–Crippen LogP) is 7.83. The van der Waals surface area contributed by atoms with Gasteiger partial charge in [-0.05, 0) is 77.1 Å². The van der Waals surface area contributed by atoms with Crippen LogP contribution in [0.1, 0.15) is 73.0 Å². The third-order valence-electron chi connectivity index (χ3n) is 11.8. The van der Waals surface area contributed by atoms with E-state index in [0.717, 1.165) is 27.8 Å². The smallest absolute Gasteiger partial charge is 0.408 e. The van der Waals surface area contributed by atoms with Crippen LogP contribution in [0.3, 0.4) is 0 Å². The highest BCUT2D eigenvalue weighted by Gasteiger charge is 2.56. The molecule has 3 amide bonds. The number of hydrogen-bond acceptors (Lipinski definition) is 10. The molecule has 1 aromatic heterocycles. The van der Waals surface area contributed by atoms with Crippen LogP contribution in [0.5, 0.6) is 0 Å². The molecule has 2 N–H and O–H groups in total. The Kier molecular flexibility index (Phi) is 11.9. The maximum atomic E-state index is 15.3. The average Bonchev–Trinajstić information content (AvgIpc) is 3.99. The largest absolute Gasteiger partial charge is 0.448 e. The fourth-order valence-electron chi connectivity index (χ4n) is 9.09. The molecular weight excluding hydrogens is 839 g/mol. The second-order valence-electron chi connectivity index (χ2n) is 17.0. The summed E-state index contributed by atoms with van der Waals surface area (Å²) in [5, 5.41) is 17.6. The van der Waals surface area contributed by atoms with Crippen molar-refractivity contribution in [1.29, 1.82) is 0 Å². The number of allylic oxidation sites excluding steroid dienone is 1. The van der Waals surface area contributed by atoms with Crippen molar-refractivity contribution >= 4 is 35.6 Å². The van der Waals surface area contributed by atoms with Crippen LogP contribution >= 0.6 is 11.8 Å². The Hall–Kier alpha value is -7.32. The third kappa shape index (κ3) is 8.32. The van der Waals surface area contributed by atoms with Crippen molar-refractivity contribution in [2.75, 3.05) is 12.3 Å². The molecule has 4 heterocycles. The molecule has 2 fully saturated rings. The number of benzene rings is 5. The van der Waals surface area contributed by atoms with Crippen molar-refractivity contribution in [1.82, 2.24) is 35.7 Å². The monoisotopic (exact) mass is 885 g/mol. The Bertz CT molecular complexity index is 2590. The number of aromatic amines is 1. The molecule has 0 saturated carbocycles. The van der Waals surface area contributed by atoms with Crippen molar-refractivity contribution in [3.05, 3.63) is 208 Å². The normalized spacial score (nSPS) is 18.6. The van der Waals surface area contributed by atoms with Crippen LogP contribution in [0.4, 0.5) is 4.79 Å². The summed E-state index contributed by atoms with van der Waals surface area (Å²) in [6.07, 6.45) is 0.498. The van der Waals surface area contributed by atoms with Crippen molar-refractivity contribution < 1.29 is 28.7 Å². The van der Waals surface area contributed by atoms with Gasteiger partial charge < -0.3 is 19.7 Å². The van der Waals surface area contributed by atoms with E-state index in [1.165, 1.54) is 16.7 Å². The zero-order chi connectivity index (χ0) is 45.1. The van der Waals surface area contributed by atoms with E-state index >= 15 is 4.79 Å². The summed E-state index contributed by atoms with van der Waals surface area (Å²) in [5.74, 6) is -0.897. The van der Waals surface area contributed by atoms with Gasteiger partial charge in [0, 0.05) is 17.9 Å². The van der Waals surface area contributed by atoms with Crippen LogP contribution in [-0.2, 0) is 29.3 Å². The van der Waals surface area contributed by atoms with Gasteiger partial charge in [-0.3, -0.25) is 14.5 Å². The van der Waals surface area contributed by atoms with E-state index in [2.05, 4.69) is 62.3 Å². The summed E-state index contributed by atoms with van der Waals surface area (Å²) in [6.45, 7) is 5.51. The standard InChI is InChI=1S/C51H47N7O6S/c1-50(2,3)64-49(62)52-40-46(60)58-41(48(61)63-42(33-19-9-4-10-20-33)34-21-11-5-12-22-34)36(32-65-47(40)58)31-35-29-30-57(45(35)59)43(44-53-55-56-54-44)51(37-23-13-6-14-24-37,38-25-15-7-16-26-38)39-27-17-8-18-28-39/h4-28,31,40,42-43,47H,29-30,32H2,1-3H3,(H,52,62)(H,53,54,55,56)/b35-31+/t40-,43?,47-/m1/s1. The molecule has 2 saturated heterocycles. The van der Waals surface area contributed by atoms with Crippen LogP contribution in [0.2, 0.25) is 0 Å². The Balaban J connectivity index is 1.14. The number of likely N-dealkylation sites (tertiary alicyclic amines) is 1. The van der Waals surface area contributed by atoms with Crippen LogP contribution in [-0.4, -0.2) is 83.6 Å². The van der Waals surface area contributed by atoms with Crippen molar-refractivity contribution in [2.24, 2.45) is 0 Å². The van der Waals surface area contributed by atoms with Gasteiger partial charge in [0.1, 0.15) is 28.8 Å². The molecule has 3 aliphatic rings. The summed E-state index contributed by atoms with van der Waals surface area (Å²) < 4.78 is 11.9. The number of fused-ring (bicyclic) bond motifs is 1. The predicted molar refractivity (Wildman–Crippen MR) is 245 cm³/mol. The lowest BCUT2D eigenvalue weighted by Gasteiger charge is -2.49. The van der Waals surface area contributed by atoms with Gasteiger partial charge >= 0.3 is 12.1 Å². The lowest BCUT2D eigenvalue weighted by Crippen LogP contribution is -2.70. The summed E-state index contributed by atoms with van der Waals surface area (Å²) in [6, 6.07) is 47.1. The van der Waals surface area contributed by atoms with E-state index in [4.69, 9.17) is 9.47 Å². The number of alkyl carbamates (subject to hydrolysis) is 1. The number of β-lactam (4-membered cyclic amide) rings is 1. The lowest BCUT2D eigenvalue weighted by molar-refractivity contribution is -0.153. The quantitative estimate of drug-likeness (QED) is 0.0537. The first-order chi connectivity index (χ1) is 31.5. The number of H-pyrrole nitrogens is 1. The van der Waals surface area contributed by atoms with E-state index in [1.807, 2.05) is 115 Å². The molecule has 3 atom stereocenters. The molecule has 0 bridgehead atoms. The second-order valence-corrected chi connectivity index (χ2v) is 18.1. The summed E-state index contributed by atoms with van der Waals surface area (Å²) in [4.78, 5) is 60.4. The minimum Gasteiger partial charge on any atom is -0.448 e. The van der Waals surface area contributed by atoms with Gasteiger partial charge in [-0.15, -0.1) is 16.9 Å². The molecule has 0 spiro atoms. The van der Waals surface area contributed by atoms with Crippen molar-refractivity contribution in [2.45, 2.75) is 61.8 Å². The zero-order valence-corrected chi connectivity index (χ0v) is 36.9. The number of carbonyl (C=O) groups excluding carboxylic acids is 4. The Labute approximate surface area is 380 Å². The SMILES string of the molecule is CC(C)(C)OC(=O)N[C@@H]1C(=O)N2C(C(=O)OC(c3ccccc3)c3ccccc3)=C(/C=C3\CCN(C(c4nnn[nH]4)C(c4ccccc4)(c4ccccc4)c4ccccc4)C3=O)CS[C@H]12. The summed E-state index contributed by atoms with van der Waals surface area (Å²) in [5.41, 5.74) is 3.33. The highest BCUT2D eigenvalue weighted by Crippen LogP contribution is 2.52. The fourth-order valence-corrected chi connectivity index (χ4v) is 10.4. The number of amides is 3. The number of esters is 1. The van der Waals surface area contributed by atoms with Crippen molar-refractivity contribution in [3.63, 3.8) is 0 Å². The van der Waals surface area contributed by atoms with Crippen LogP contribution in [0, 0.1) is 0 Å². The van der Waals surface area contributed by atoms with Gasteiger partial charge in [-0.25, -0.2) is 14.7 Å². The van der Waals surface area contributed by atoms with Gasteiger partial charge in [-0.2, -0.15) is 0 Å². The Morgan fingerprint density at radius 3 is 1.80 bits per heavy atom. The first-order valence-electron chi connectivity index (χ1n) is 21.4. The van der Waals surface area contributed by atoms with E-state index in [9.17, 15) is 14.4 Å².